The Morgan fingerprint density at radius 1 is 1.17 bits per heavy atom. The third-order valence-corrected chi connectivity index (χ3v) is 4.69. The lowest BCUT2D eigenvalue weighted by molar-refractivity contribution is -0.116. The zero-order chi connectivity index (χ0) is 21.8. The van der Waals surface area contributed by atoms with Gasteiger partial charge >= 0.3 is 5.97 Å². The van der Waals surface area contributed by atoms with Gasteiger partial charge < -0.3 is 10.1 Å². The molecule has 0 aliphatic carbocycles. The van der Waals surface area contributed by atoms with E-state index in [1.165, 1.54) is 13.2 Å². The summed E-state index contributed by atoms with van der Waals surface area (Å²) in [5.74, 6) is -0.239. The Labute approximate surface area is 173 Å². The molecule has 0 bridgehead atoms. The molecular weight excluding hydrogens is 386 g/mol. The molecule has 2 aromatic heterocycles. The quantitative estimate of drug-likeness (QED) is 0.603. The van der Waals surface area contributed by atoms with E-state index < -0.39 is 5.97 Å². The molecule has 2 heterocycles. The Kier molecular flexibility index (Phi) is 6.10. The van der Waals surface area contributed by atoms with Crippen LogP contribution in [0.1, 0.15) is 39.4 Å². The SMILES string of the molecule is COC(=O)c1ccc(NC(=O)CCc2c(C)nn(-c3nc(C)cc(=O)[nH]3)c2C)cc1. The van der Waals surface area contributed by atoms with Gasteiger partial charge in [0, 0.05) is 29.6 Å². The standard InChI is InChI=1S/C21H23N5O4/c1-12-11-19(28)24-21(22-12)26-14(3)17(13(2)25-26)9-10-18(27)23-16-7-5-15(6-8-16)20(29)30-4/h5-8,11H,9-10H2,1-4H3,(H,23,27)(H,22,24,28). The van der Waals surface area contributed by atoms with Crippen LogP contribution in [0.15, 0.2) is 35.1 Å². The lowest BCUT2D eigenvalue weighted by atomic mass is 10.1. The van der Waals surface area contributed by atoms with Gasteiger partial charge in [0.15, 0.2) is 0 Å². The van der Waals surface area contributed by atoms with Gasteiger partial charge in [-0.25, -0.2) is 14.5 Å². The molecule has 156 valence electrons. The van der Waals surface area contributed by atoms with Gasteiger partial charge in [-0.05, 0) is 57.0 Å². The van der Waals surface area contributed by atoms with Crippen LogP contribution < -0.4 is 10.9 Å². The summed E-state index contributed by atoms with van der Waals surface area (Å²) in [6.07, 6.45) is 0.740. The van der Waals surface area contributed by atoms with Crippen molar-refractivity contribution in [3.63, 3.8) is 0 Å². The maximum atomic E-state index is 12.4. The lowest BCUT2D eigenvalue weighted by Gasteiger charge is -2.07. The van der Waals surface area contributed by atoms with Crippen molar-refractivity contribution in [3.8, 4) is 5.95 Å². The number of nitrogens with one attached hydrogen (secondary N) is 2. The number of anilines is 1. The Bertz CT molecular complexity index is 1150. The molecule has 2 N–H and O–H groups in total. The van der Waals surface area contributed by atoms with E-state index in [1.54, 1.807) is 35.9 Å². The number of hydrogen-bond acceptors (Lipinski definition) is 6. The number of aryl methyl sites for hydroxylation is 2. The molecular formula is C21H23N5O4. The molecule has 0 aliphatic heterocycles. The molecule has 0 saturated heterocycles. The van der Waals surface area contributed by atoms with E-state index in [2.05, 4.69) is 25.1 Å². The Hall–Kier alpha value is -3.75. The molecule has 0 spiro atoms. The van der Waals surface area contributed by atoms with E-state index in [0.29, 0.717) is 29.3 Å². The second-order valence-corrected chi connectivity index (χ2v) is 6.89. The van der Waals surface area contributed by atoms with Crippen LogP contribution in [0.4, 0.5) is 5.69 Å². The Morgan fingerprint density at radius 2 is 1.87 bits per heavy atom. The predicted octanol–water partition coefficient (Wildman–Crippen LogP) is 2.24. The maximum Gasteiger partial charge on any atom is 0.337 e. The average Bonchev–Trinajstić information content (AvgIpc) is 2.99. The summed E-state index contributed by atoms with van der Waals surface area (Å²) in [5, 5.41) is 7.28. The molecule has 3 aromatic rings. The van der Waals surface area contributed by atoms with Gasteiger partial charge in [0.1, 0.15) is 0 Å². The first-order chi connectivity index (χ1) is 14.3. The van der Waals surface area contributed by atoms with Gasteiger partial charge in [-0.2, -0.15) is 5.10 Å². The molecule has 9 nitrogen and oxygen atoms in total. The minimum absolute atomic E-state index is 0.158. The van der Waals surface area contributed by atoms with Gasteiger partial charge in [0.2, 0.25) is 11.9 Å². The van der Waals surface area contributed by atoms with Crippen molar-refractivity contribution in [2.24, 2.45) is 0 Å². The average molecular weight is 409 g/mol. The van der Waals surface area contributed by atoms with Crippen LogP contribution in [0.2, 0.25) is 0 Å². The number of methoxy groups -OCH3 is 1. The summed E-state index contributed by atoms with van der Waals surface area (Å²) >= 11 is 0. The second kappa shape index (κ2) is 8.73. The monoisotopic (exact) mass is 409 g/mol. The van der Waals surface area contributed by atoms with E-state index >= 15 is 0 Å². The van der Waals surface area contributed by atoms with Crippen LogP contribution >= 0.6 is 0 Å². The molecule has 0 atom stereocenters. The molecule has 0 aliphatic rings. The first kappa shape index (κ1) is 21.0. The molecule has 1 amide bonds. The number of nitrogens with zero attached hydrogens (tertiary/aromatic N) is 3. The number of aromatic amines is 1. The fourth-order valence-electron chi connectivity index (χ4n) is 3.18. The van der Waals surface area contributed by atoms with Crippen LogP contribution in [0.5, 0.6) is 0 Å². The number of aromatic nitrogens is 4. The number of carbonyl (C=O) groups excluding carboxylic acids is 2. The zero-order valence-electron chi connectivity index (χ0n) is 17.3. The minimum atomic E-state index is -0.430. The molecule has 1 aromatic carbocycles. The van der Waals surface area contributed by atoms with Gasteiger partial charge in [0.05, 0.1) is 18.4 Å². The van der Waals surface area contributed by atoms with Crippen molar-refractivity contribution in [1.29, 1.82) is 0 Å². The van der Waals surface area contributed by atoms with E-state index in [9.17, 15) is 14.4 Å². The summed E-state index contributed by atoms with van der Waals surface area (Å²) in [5.41, 5.74) is 3.87. The molecule has 0 fully saturated rings. The molecule has 0 unspecified atom stereocenters. The number of esters is 1. The summed E-state index contributed by atoms with van der Waals surface area (Å²) in [6, 6.07) is 7.90. The highest BCUT2D eigenvalue weighted by molar-refractivity contribution is 5.93. The Morgan fingerprint density at radius 3 is 2.50 bits per heavy atom. The summed E-state index contributed by atoms with van der Waals surface area (Å²) in [7, 11) is 1.32. The number of rotatable bonds is 6. The van der Waals surface area contributed by atoms with Crippen molar-refractivity contribution in [2.45, 2.75) is 33.6 Å². The van der Waals surface area contributed by atoms with Gasteiger partial charge in [-0.3, -0.25) is 14.6 Å². The lowest BCUT2D eigenvalue weighted by Crippen LogP contribution is -2.15. The molecule has 0 radical (unpaired) electrons. The number of amides is 1. The third kappa shape index (κ3) is 4.62. The van der Waals surface area contributed by atoms with E-state index in [1.807, 2.05) is 13.8 Å². The van der Waals surface area contributed by atoms with Crippen LogP contribution in [0, 0.1) is 20.8 Å². The van der Waals surface area contributed by atoms with Crippen LogP contribution in [0.3, 0.4) is 0 Å². The fraction of sp³-hybridized carbons (Fsp3) is 0.286. The van der Waals surface area contributed by atoms with Gasteiger partial charge in [-0.15, -0.1) is 0 Å². The predicted molar refractivity (Wildman–Crippen MR) is 111 cm³/mol. The molecule has 0 saturated carbocycles. The molecule has 30 heavy (non-hydrogen) atoms. The van der Waals surface area contributed by atoms with Gasteiger partial charge in [0.25, 0.3) is 5.56 Å². The number of hydrogen-bond donors (Lipinski definition) is 2. The zero-order valence-corrected chi connectivity index (χ0v) is 17.3. The summed E-state index contributed by atoms with van der Waals surface area (Å²) in [6.45, 7) is 5.48. The van der Waals surface area contributed by atoms with E-state index in [0.717, 1.165) is 17.0 Å². The smallest absolute Gasteiger partial charge is 0.337 e. The molecule has 3 rings (SSSR count). The topological polar surface area (TPSA) is 119 Å². The van der Waals surface area contributed by atoms with E-state index in [4.69, 9.17) is 0 Å². The summed E-state index contributed by atoms with van der Waals surface area (Å²) < 4.78 is 6.24. The van der Waals surface area contributed by atoms with Crippen molar-refractivity contribution in [3.05, 3.63) is 68.9 Å². The van der Waals surface area contributed by atoms with Crippen molar-refractivity contribution in [1.82, 2.24) is 19.7 Å². The Balaban J connectivity index is 1.68. The highest BCUT2D eigenvalue weighted by Gasteiger charge is 2.16. The highest BCUT2D eigenvalue weighted by Crippen LogP contribution is 2.18. The first-order valence-corrected chi connectivity index (χ1v) is 9.40. The van der Waals surface area contributed by atoms with Crippen molar-refractivity contribution in [2.75, 3.05) is 12.4 Å². The number of carbonyl (C=O) groups is 2. The van der Waals surface area contributed by atoms with Gasteiger partial charge in [-0.1, -0.05) is 0 Å². The molecule has 9 heteroatoms. The van der Waals surface area contributed by atoms with Crippen molar-refractivity contribution >= 4 is 17.6 Å². The third-order valence-electron chi connectivity index (χ3n) is 4.69. The van der Waals surface area contributed by atoms with Crippen molar-refractivity contribution < 1.29 is 14.3 Å². The first-order valence-electron chi connectivity index (χ1n) is 9.40. The maximum absolute atomic E-state index is 12.4. The second-order valence-electron chi connectivity index (χ2n) is 6.89. The fourth-order valence-corrected chi connectivity index (χ4v) is 3.18. The highest BCUT2D eigenvalue weighted by atomic mass is 16.5. The number of H-pyrrole nitrogens is 1. The number of ether oxygens (including phenoxy) is 1. The normalized spacial score (nSPS) is 10.7. The van der Waals surface area contributed by atoms with Crippen LogP contribution in [0.25, 0.3) is 5.95 Å². The summed E-state index contributed by atoms with van der Waals surface area (Å²) in [4.78, 5) is 42.6. The number of benzene rings is 1. The van der Waals surface area contributed by atoms with Crippen LogP contribution in [-0.4, -0.2) is 38.7 Å². The minimum Gasteiger partial charge on any atom is -0.465 e. The van der Waals surface area contributed by atoms with Crippen LogP contribution in [-0.2, 0) is 16.0 Å². The largest absolute Gasteiger partial charge is 0.465 e. The van der Waals surface area contributed by atoms with E-state index in [-0.39, 0.29) is 17.9 Å².